The van der Waals surface area contributed by atoms with E-state index in [9.17, 15) is 4.79 Å². The molecule has 1 saturated heterocycles. The standard InChI is InChI=1S/C23H28N4O2/c1-17-4-6-21(29-3)19(12-17)15-25-8-10-26(11-9-25)16-20-13-23(28)27-14-18(2)5-7-22(27)24-20/h4-7,12-14H,8-11,15-16H2,1-3H3/p+2. The van der Waals surface area contributed by atoms with Crippen molar-refractivity contribution >= 4 is 5.65 Å². The second-order valence-electron chi connectivity index (χ2n) is 8.19. The van der Waals surface area contributed by atoms with Gasteiger partial charge >= 0.3 is 0 Å². The van der Waals surface area contributed by atoms with Gasteiger partial charge in [0.2, 0.25) is 0 Å². The molecular weight excluding hydrogens is 364 g/mol. The van der Waals surface area contributed by atoms with E-state index < -0.39 is 0 Å². The van der Waals surface area contributed by atoms with Crippen molar-refractivity contribution in [2.75, 3.05) is 33.3 Å². The summed E-state index contributed by atoms with van der Waals surface area (Å²) in [4.78, 5) is 20.2. The van der Waals surface area contributed by atoms with E-state index in [0.717, 1.165) is 61.9 Å². The zero-order valence-corrected chi connectivity index (χ0v) is 17.5. The number of quaternary nitrogens is 2. The zero-order chi connectivity index (χ0) is 20.4. The molecule has 0 unspecified atom stereocenters. The molecule has 0 radical (unpaired) electrons. The highest BCUT2D eigenvalue weighted by molar-refractivity contribution is 5.40. The van der Waals surface area contributed by atoms with Crippen LogP contribution in [0.5, 0.6) is 5.75 Å². The molecule has 152 valence electrons. The van der Waals surface area contributed by atoms with Gasteiger partial charge in [0, 0.05) is 17.8 Å². The summed E-state index contributed by atoms with van der Waals surface area (Å²) >= 11 is 0. The minimum Gasteiger partial charge on any atom is -0.496 e. The molecule has 6 heteroatoms. The van der Waals surface area contributed by atoms with E-state index in [-0.39, 0.29) is 5.56 Å². The van der Waals surface area contributed by atoms with Crippen LogP contribution in [-0.4, -0.2) is 42.7 Å². The number of ether oxygens (including phenoxy) is 1. The van der Waals surface area contributed by atoms with Gasteiger partial charge in [-0.1, -0.05) is 17.7 Å². The first-order valence-electron chi connectivity index (χ1n) is 10.3. The van der Waals surface area contributed by atoms with Crippen LogP contribution in [0.3, 0.4) is 0 Å². The van der Waals surface area contributed by atoms with E-state index >= 15 is 0 Å². The summed E-state index contributed by atoms with van der Waals surface area (Å²) in [6.07, 6.45) is 1.85. The third-order valence-corrected chi connectivity index (χ3v) is 5.83. The van der Waals surface area contributed by atoms with Gasteiger partial charge < -0.3 is 14.5 Å². The number of benzene rings is 1. The summed E-state index contributed by atoms with van der Waals surface area (Å²) in [5, 5.41) is 0. The van der Waals surface area contributed by atoms with Crippen molar-refractivity contribution in [3.63, 3.8) is 0 Å². The van der Waals surface area contributed by atoms with E-state index in [0.29, 0.717) is 0 Å². The molecule has 29 heavy (non-hydrogen) atoms. The van der Waals surface area contributed by atoms with Crippen molar-refractivity contribution in [1.29, 1.82) is 0 Å². The van der Waals surface area contributed by atoms with Gasteiger partial charge in [-0.25, -0.2) is 4.98 Å². The number of nitrogens with one attached hydrogen (secondary N) is 2. The summed E-state index contributed by atoms with van der Waals surface area (Å²) < 4.78 is 7.17. The Balaban J connectivity index is 1.39. The fourth-order valence-electron chi connectivity index (χ4n) is 4.23. The number of aryl methyl sites for hydroxylation is 2. The van der Waals surface area contributed by atoms with Gasteiger partial charge in [-0.15, -0.1) is 0 Å². The van der Waals surface area contributed by atoms with E-state index in [1.807, 2.05) is 25.3 Å². The molecule has 1 aliphatic rings. The SMILES string of the molecule is COc1ccc(C)cc1C[NH+]1CC[NH+](Cc2cc(=O)n3cc(C)ccc3n2)CC1. The van der Waals surface area contributed by atoms with Crippen LogP contribution in [0.4, 0.5) is 0 Å². The third kappa shape index (κ3) is 4.49. The highest BCUT2D eigenvalue weighted by Gasteiger charge is 2.24. The number of hydrogen-bond donors (Lipinski definition) is 2. The van der Waals surface area contributed by atoms with Crippen molar-refractivity contribution in [2.45, 2.75) is 26.9 Å². The number of aromatic nitrogens is 2. The lowest BCUT2D eigenvalue weighted by atomic mass is 10.1. The van der Waals surface area contributed by atoms with Crippen LogP contribution >= 0.6 is 0 Å². The molecule has 0 spiro atoms. The lowest BCUT2D eigenvalue weighted by Crippen LogP contribution is -3.27. The molecule has 2 aromatic heterocycles. The topological polar surface area (TPSA) is 52.5 Å². The van der Waals surface area contributed by atoms with Crippen molar-refractivity contribution < 1.29 is 14.5 Å². The third-order valence-electron chi connectivity index (χ3n) is 5.83. The van der Waals surface area contributed by atoms with Crippen LogP contribution in [-0.2, 0) is 13.1 Å². The van der Waals surface area contributed by atoms with Crippen molar-refractivity contribution in [2.24, 2.45) is 0 Å². The van der Waals surface area contributed by atoms with Crippen LogP contribution in [0.25, 0.3) is 5.65 Å². The molecule has 0 saturated carbocycles. The fourth-order valence-corrected chi connectivity index (χ4v) is 4.23. The number of piperazine rings is 1. The Hall–Kier alpha value is -2.70. The van der Waals surface area contributed by atoms with Crippen LogP contribution in [0.1, 0.15) is 22.4 Å². The number of rotatable bonds is 5. The normalized spacial score (nSPS) is 19.4. The van der Waals surface area contributed by atoms with Crippen LogP contribution in [0, 0.1) is 13.8 Å². The lowest BCUT2D eigenvalue weighted by molar-refractivity contribution is -1.02. The highest BCUT2D eigenvalue weighted by atomic mass is 16.5. The van der Waals surface area contributed by atoms with Crippen LogP contribution < -0.4 is 20.1 Å². The second-order valence-corrected chi connectivity index (χ2v) is 8.19. The largest absolute Gasteiger partial charge is 0.496 e. The molecule has 2 N–H and O–H groups in total. The summed E-state index contributed by atoms with van der Waals surface area (Å²) in [6, 6.07) is 12.0. The molecule has 6 nitrogen and oxygen atoms in total. The number of pyridine rings is 1. The molecule has 3 heterocycles. The summed E-state index contributed by atoms with van der Waals surface area (Å²) in [6.45, 7) is 10.3. The Morgan fingerprint density at radius 3 is 2.38 bits per heavy atom. The average Bonchev–Trinajstić information content (AvgIpc) is 2.70. The first-order valence-corrected chi connectivity index (χ1v) is 10.3. The van der Waals surface area contributed by atoms with Gasteiger partial charge in [-0.2, -0.15) is 0 Å². The molecule has 3 aromatic rings. The summed E-state index contributed by atoms with van der Waals surface area (Å²) in [7, 11) is 1.74. The maximum atomic E-state index is 12.4. The fraction of sp³-hybridized carbons (Fsp3) is 0.391. The van der Waals surface area contributed by atoms with Gasteiger partial charge in [-0.05, 0) is 37.6 Å². The molecule has 0 aliphatic carbocycles. The highest BCUT2D eigenvalue weighted by Crippen LogP contribution is 2.18. The van der Waals surface area contributed by atoms with Crippen LogP contribution in [0.15, 0.2) is 47.4 Å². The first kappa shape index (κ1) is 19.6. The monoisotopic (exact) mass is 394 g/mol. The molecule has 0 amide bonds. The molecule has 1 aliphatic heterocycles. The summed E-state index contributed by atoms with van der Waals surface area (Å²) in [5.41, 5.74) is 5.23. The average molecular weight is 395 g/mol. The van der Waals surface area contributed by atoms with Gasteiger partial charge in [0.05, 0.1) is 7.11 Å². The van der Waals surface area contributed by atoms with Crippen molar-refractivity contribution in [3.8, 4) is 5.75 Å². The molecule has 0 atom stereocenters. The van der Waals surface area contributed by atoms with Gasteiger partial charge in [0.15, 0.2) is 0 Å². The van der Waals surface area contributed by atoms with E-state index in [4.69, 9.17) is 9.72 Å². The Morgan fingerprint density at radius 2 is 1.66 bits per heavy atom. The Bertz CT molecular complexity index is 1070. The minimum absolute atomic E-state index is 0.00361. The zero-order valence-electron chi connectivity index (χ0n) is 17.5. The number of hydrogen-bond acceptors (Lipinski definition) is 3. The van der Waals surface area contributed by atoms with Gasteiger partial charge in [-0.3, -0.25) is 9.20 Å². The van der Waals surface area contributed by atoms with Gasteiger partial charge in [0.25, 0.3) is 5.56 Å². The van der Waals surface area contributed by atoms with E-state index in [2.05, 4.69) is 25.1 Å². The smallest absolute Gasteiger partial charge is 0.258 e. The minimum atomic E-state index is 0.00361. The molecule has 4 rings (SSSR count). The molecular formula is C23H30N4O2+2. The first-order chi connectivity index (χ1) is 14.0. The summed E-state index contributed by atoms with van der Waals surface area (Å²) in [5.74, 6) is 0.981. The predicted molar refractivity (Wildman–Crippen MR) is 113 cm³/mol. The van der Waals surface area contributed by atoms with Crippen molar-refractivity contribution in [3.05, 3.63) is 75.3 Å². The Labute approximate surface area is 171 Å². The maximum Gasteiger partial charge on any atom is 0.258 e. The van der Waals surface area contributed by atoms with Crippen LogP contribution in [0.2, 0.25) is 0 Å². The molecule has 0 bridgehead atoms. The van der Waals surface area contributed by atoms with Gasteiger partial charge in [0.1, 0.15) is 56.4 Å². The second kappa shape index (κ2) is 8.35. The number of fused-ring (bicyclic) bond motifs is 1. The molecule has 1 aromatic carbocycles. The van der Waals surface area contributed by atoms with E-state index in [1.54, 1.807) is 22.5 Å². The van der Waals surface area contributed by atoms with Crippen molar-refractivity contribution in [1.82, 2.24) is 9.38 Å². The lowest BCUT2D eigenvalue weighted by Gasteiger charge is -2.30. The quantitative estimate of drug-likeness (QED) is 0.631. The predicted octanol–water partition coefficient (Wildman–Crippen LogP) is -0.196. The number of methoxy groups -OCH3 is 1. The maximum absolute atomic E-state index is 12.4. The van der Waals surface area contributed by atoms with E-state index in [1.165, 1.54) is 16.0 Å². The Morgan fingerprint density at radius 1 is 0.966 bits per heavy atom. The molecule has 1 fully saturated rings. The number of nitrogens with zero attached hydrogens (tertiary/aromatic N) is 2. The Kier molecular flexibility index (Phi) is 5.65.